The van der Waals surface area contributed by atoms with Crippen molar-refractivity contribution in [1.82, 2.24) is 0 Å². The second kappa shape index (κ2) is 9.85. The molecule has 0 aliphatic rings. The van der Waals surface area contributed by atoms with E-state index < -0.39 is 51.5 Å². The molecule has 3 aromatic rings. The van der Waals surface area contributed by atoms with Gasteiger partial charge in [-0.2, -0.15) is 0 Å². The first-order chi connectivity index (χ1) is 14.8. The summed E-state index contributed by atoms with van der Waals surface area (Å²) in [6.07, 6.45) is 1.84. The van der Waals surface area contributed by atoms with E-state index in [-0.39, 0.29) is 0 Å². The Kier molecular flexibility index (Phi) is 7.87. The highest BCUT2D eigenvalue weighted by atomic mass is 32.2. The lowest BCUT2D eigenvalue weighted by molar-refractivity contribution is 0.377. The molecular formula is C21H17BF8OS. The van der Waals surface area contributed by atoms with Gasteiger partial charge in [-0.25, -0.2) is 22.0 Å². The predicted octanol–water partition coefficient (Wildman–Crippen LogP) is 6.12. The molecule has 0 bridgehead atoms. The van der Waals surface area contributed by atoms with Crippen LogP contribution < -0.4 is 5.46 Å². The van der Waals surface area contributed by atoms with Crippen LogP contribution >= 0.6 is 0 Å². The summed E-state index contributed by atoms with van der Waals surface area (Å²) in [5.41, 5.74) is -0.366. The Morgan fingerprint density at radius 3 is 1.59 bits per heavy atom. The molecule has 0 saturated carbocycles. The zero-order chi connectivity index (χ0) is 24.3. The van der Waals surface area contributed by atoms with Gasteiger partial charge in [0.25, 0.3) is 0 Å². The Bertz CT molecular complexity index is 1100. The molecular weight excluding hydrogens is 463 g/mol. The average molecular weight is 480 g/mol. The standard InChI is InChI=1S/C15H17OS.C6BF8/c1-13-8-10-14(11-9-13)12-17(2,16)15-6-4-3-5-7-15;8-2-1(7(13,14)15)3(9)5(11)6(12)4(2)10/h3-11H,12H2,1-2H3;/q+1;-1. The number of halogens is 8. The van der Waals surface area contributed by atoms with Gasteiger partial charge in [0.1, 0.15) is 33.6 Å². The highest BCUT2D eigenvalue weighted by molar-refractivity contribution is 8.01. The summed E-state index contributed by atoms with van der Waals surface area (Å²) in [5, 5.41) is 0. The first-order valence-corrected chi connectivity index (χ1v) is 11.2. The fraction of sp³-hybridized carbons (Fsp3) is 0.143. The molecule has 1 atom stereocenters. The SMILES string of the molecule is Cc1ccc(C[S+](C)(=O)c2ccccc2)cc1.Fc1c(F)c(F)c([B-](F)(F)F)c(F)c1F. The van der Waals surface area contributed by atoms with Crippen molar-refractivity contribution in [2.24, 2.45) is 0 Å². The van der Waals surface area contributed by atoms with Gasteiger partial charge in [-0.1, -0.05) is 52.2 Å². The summed E-state index contributed by atoms with van der Waals surface area (Å²) in [7, 11) is -1.98. The van der Waals surface area contributed by atoms with Gasteiger partial charge in [-0.3, -0.25) is 0 Å². The zero-order valence-electron chi connectivity index (χ0n) is 16.8. The van der Waals surface area contributed by atoms with Crippen molar-refractivity contribution in [3.63, 3.8) is 0 Å². The third-order valence-electron chi connectivity index (χ3n) is 4.38. The first-order valence-electron chi connectivity index (χ1n) is 9.04. The number of hydrogen-bond acceptors (Lipinski definition) is 1. The predicted molar refractivity (Wildman–Crippen MR) is 109 cm³/mol. The molecule has 0 amide bonds. The molecule has 0 saturated heterocycles. The van der Waals surface area contributed by atoms with Crippen LogP contribution in [0.5, 0.6) is 0 Å². The largest absolute Gasteiger partial charge is 0.515 e. The molecule has 0 spiro atoms. The Balaban J connectivity index is 0.000000229. The fourth-order valence-corrected chi connectivity index (χ4v) is 4.43. The summed E-state index contributed by atoms with van der Waals surface area (Å²) in [5.74, 6) is -12.9. The Hall–Kier alpha value is -2.69. The Morgan fingerprint density at radius 2 is 1.16 bits per heavy atom. The van der Waals surface area contributed by atoms with E-state index in [9.17, 15) is 39.1 Å². The molecule has 0 aliphatic carbocycles. The third-order valence-corrected chi connectivity index (χ3v) is 6.53. The van der Waals surface area contributed by atoms with Crippen LogP contribution in [0, 0.1) is 36.0 Å². The van der Waals surface area contributed by atoms with Crippen LogP contribution in [0.1, 0.15) is 11.1 Å². The average Bonchev–Trinajstić information content (AvgIpc) is 2.72. The number of rotatable bonds is 4. The van der Waals surface area contributed by atoms with Crippen molar-refractivity contribution in [2.45, 2.75) is 17.6 Å². The van der Waals surface area contributed by atoms with Crippen LogP contribution in [0.25, 0.3) is 0 Å². The smallest absolute Gasteiger partial charge is 0.445 e. The van der Waals surface area contributed by atoms with E-state index in [1.165, 1.54) is 5.56 Å². The van der Waals surface area contributed by atoms with Crippen LogP contribution in [0.2, 0.25) is 0 Å². The van der Waals surface area contributed by atoms with Crippen LogP contribution in [0.4, 0.5) is 34.9 Å². The van der Waals surface area contributed by atoms with Gasteiger partial charge in [-0.15, -0.1) is 0 Å². The van der Waals surface area contributed by atoms with Gasteiger partial charge in [0.2, 0.25) is 0 Å². The maximum atomic E-state index is 12.6. The van der Waals surface area contributed by atoms with Crippen LogP contribution in [0.15, 0.2) is 59.5 Å². The summed E-state index contributed by atoms with van der Waals surface area (Å²) in [4.78, 5) is 0.931. The molecule has 11 heteroatoms. The highest BCUT2D eigenvalue weighted by Gasteiger charge is 2.37. The van der Waals surface area contributed by atoms with Gasteiger partial charge in [-0.05, 0) is 24.5 Å². The molecule has 32 heavy (non-hydrogen) atoms. The minimum absolute atomic E-state index is 0.608. The van der Waals surface area contributed by atoms with Crippen molar-refractivity contribution in [3.8, 4) is 0 Å². The zero-order valence-corrected chi connectivity index (χ0v) is 17.6. The molecule has 1 unspecified atom stereocenters. The second-order valence-electron chi connectivity index (χ2n) is 7.01. The molecule has 3 rings (SSSR count). The maximum Gasteiger partial charge on any atom is 0.515 e. The van der Waals surface area contributed by atoms with Gasteiger partial charge in [0.05, 0.1) is 0 Å². The molecule has 172 valence electrons. The lowest BCUT2D eigenvalue weighted by atomic mass is 9.79. The molecule has 3 aromatic carbocycles. The fourth-order valence-electron chi connectivity index (χ4n) is 2.70. The summed E-state index contributed by atoms with van der Waals surface area (Å²) < 4.78 is 110. The van der Waals surface area contributed by atoms with Gasteiger partial charge in [0, 0.05) is 5.56 Å². The highest BCUT2D eigenvalue weighted by Crippen LogP contribution is 2.22. The summed E-state index contributed by atoms with van der Waals surface area (Å²) in [6.45, 7) is -4.24. The number of aryl methyl sites for hydroxylation is 1. The molecule has 1 nitrogen and oxygen atoms in total. The van der Waals surface area contributed by atoms with Crippen molar-refractivity contribution in [2.75, 3.05) is 6.26 Å². The van der Waals surface area contributed by atoms with Crippen LogP contribution in [-0.4, -0.2) is 13.2 Å². The molecule has 0 heterocycles. The lowest BCUT2D eigenvalue weighted by Crippen LogP contribution is -2.41. The summed E-state index contributed by atoms with van der Waals surface area (Å²) in [6, 6.07) is 18.0. The van der Waals surface area contributed by atoms with Crippen molar-refractivity contribution in [1.29, 1.82) is 0 Å². The van der Waals surface area contributed by atoms with Crippen molar-refractivity contribution in [3.05, 3.63) is 94.8 Å². The van der Waals surface area contributed by atoms with Crippen molar-refractivity contribution < 1.29 is 39.1 Å². The summed E-state index contributed by atoms with van der Waals surface area (Å²) >= 11 is 0. The second-order valence-corrected chi connectivity index (χ2v) is 9.78. The van der Waals surface area contributed by atoms with E-state index in [0.717, 1.165) is 10.5 Å². The lowest BCUT2D eigenvalue weighted by Gasteiger charge is -2.17. The van der Waals surface area contributed by atoms with E-state index in [1.807, 2.05) is 36.6 Å². The molecule has 0 fully saturated rings. The van der Waals surface area contributed by atoms with E-state index in [4.69, 9.17) is 0 Å². The van der Waals surface area contributed by atoms with E-state index in [0.29, 0.717) is 5.75 Å². The Morgan fingerprint density at radius 1 is 0.719 bits per heavy atom. The molecule has 0 radical (unpaired) electrons. The van der Waals surface area contributed by atoms with Crippen LogP contribution in [0.3, 0.4) is 0 Å². The maximum absolute atomic E-state index is 12.6. The van der Waals surface area contributed by atoms with Gasteiger partial charge >= 0.3 is 6.98 Å². The van der Waals surface area contributed by atoms with Gasteiger partial charge in [0.15, 0.2) is 22.3 Å². The van der Waals surface area contributed by atoms with Gasteiger partial charge < -0.3 is 12.9 Å². The topological polar surface area (TPSA) is 17.1 Å². The third kappa shape index (κ3) is 5.96. The molecule has 0 aliphatic heterocycles. The first kappa shape index (κ1) is 25.6. The normalized spacial score (nSPS) is 13.2. The van der Waals surface area contributed by atoms with E-state index >= 15 is 0 Å². The van der Waals surface area contributed by atoms with E-state index in [1.54, 1.807) is 0 Å². The minimum Gasteiger partial charge on any atom is -0.445 e. The minimum atomic E-state index is -6.30. The van der Waals surface area contributed by atoms with Crippen molar-refractivity contribution >= 4 is 22.4 Å². The van der Waals surface area contributed by atoms with Crippen LogP contribution in [-0.2, 0) is 19.9 Å². The molecule has 0 N–H and O–H groups in total. The molecule has 0 aromatic heterocycles. The monoisotopic (exact) mass is 480 g/mol. The van der Waals surface area contributed by atoms with E-state index in [2.05, 4.69) is 31.2 Å². The quantitative estimate of drug-likeness (QED) is 0.145. The Labute approximate surface area is 180 Å². The number of hydrogen-bond donors (Lipinski definition) is 0. The number of benzene rings is 3.